The molecule has 112 valence electrons. The molecule has 0 fully saturated rings. The Bertz CT molecular complexity index is 651. The van der Waals surface area contributed by atoms with Crippen LogP contribution in [0.25, 0.3) is 0 Å². The maximum Gasteiger partial charge on any atom is 0.340 e. The molecule has 0 spiro atoms. The quantitative estimate of drug-likeness (QED) is 0.810. The Balaban J connectivity index is 2.15. The molecule has 0 saturated heterocycles. The van der Waals surface area contributed by atoms with Gasteiger partial charge in [-0.1, -0.05) is 0 Å². The third-order valence-corrected chi connectivity index (χ3v) is 3.05. The van der Waals surface area contributed by atoms with Crippen molar-refractivity contribution in [1.29, 1.82) is 0 Å². The molecule has 21 heavy (non-hydrogen) atoms. The van der Waals surface area contributed by atoms with Crippen LogP contribution in [-0.4, -0.2) is 27.3 Å². The lowest BCUT2D eigenvalue weighted by Gasteiger charge is -2.11. The molecule has 0 aliphatic heterocycles. The lowest BCUT2D eigenvalue weighted by Crippen LogP contribution is -2.12. The van der Waals surface area contributed by atoms with Gasteiger partial charge in [-0.3, -0.25) is 4.68 Å². The average Bonchev–Trinajstić information content (AvgIpc) is 2.76. The van der Waals surface area contributed by atoms with E-state index in [1.54, 1.807) is 17.7 Å². The molecule has 0 saturated carbocycles. The first kappa shape index (κ1) is 14.8. The highest BCUT2D eigenvalue weighted by molar-refractivity contribution is 5.97. The number of carbonyl (C=O) groups is 1. The third kappa shape index (κ3) is 3.31. The number of carbonyl (C=O) groups excluding carboxylic acids is 1. The largest absolute Gasteiger partial charge is 0.462 e. The fourth-order valence-electron chi connectivity index (χ4n) is 2.00. The highest BCUT2D eigenvalue weighted by atomic mass is 16.5. The van der Waals surface area contributed by atoms with E-state index in [0.29, 0.717) is 24.5 Å². The molecule has 0 unspecified atom stereocenters. The Morgan fingerprint density at radius 2 is 2.29 bits per heavy atom. The Labute approximate surface area is 123 Å². The molecule has 0 radical (unpaired) electrons. The molecule has 0 aliphatic carbocycles. The molecular formula is C14H19N5O2. The Kier molecular flexibility index (Phi) is 4.42. The van der Waals surface area contributed by atoms with E-state index in [-0.39, 0.29) is 5.69 Å². The normalized spacial score (nSPS) is 10.4. The van der Waals surface area contributed by atoms with Crippen molar-refractivity contribution in [2.24, 2.45) is 7.05 Å². The summed E-state index contributed by atoms with van der Waals surface area (Å²) in [4.78, 5) is 15.9. The molecule has 0 aliphatic rings. The van der Waals surface area contributed by atoms with E-state index < -0.39 is 5.97 Å². The summed E-state index contributed by atoms with van der Waals surface area (Å²) >= 11 is 0. The number of nitrogens with two attached hydrogens (primary N) is 1. The summed E-state index contributed by atoms with van der Waals surface area (Å²) in [6.07, 6.45) is 3.45. The van der Waals surface area contributed by atoms with Crippen LogP contribution in [0.3, 0.4) is 0 Å². The predicted octanol–water partition coefficient (Wildman–Crippen LogP) is 1.49. The molecule has 2 aromatic heterocycles. The SMILES string of the molecule is CCOC(=O)c1ccnc(NCc2cn(C)nc2C)c1N. The van der Waals surface area contributed by atoms with Crippen LogP contribution in [0.4, 0.5) is 11.5 Å². The fourth-order valence-corrected chi connectivity index (χ4v) is 2.00. The molecule has 3 N–H and O–H groups in total. The van der Waals surface area contributed by atoms with E-state index in [2.05, 4.69) is 15.4 Å². The highest BCUT2D eigenvalue weighted by Gasteiger charge is 2.14. The van der Waals surface area contributed by atoms with Gasteiger partial charge in [-0.25, -0.2) is 9.78 Å². The molecule has 2 aromatic rings. The topological polar surface area (TPSA) is 95.1 Å². The van der Waals surface area contributed by atoms with Crippen molar-refractivity contribution in [3.63, 3.8) is 0 Å². The molecule has 7 heteroatoms. The van der Waals surface area contributed by atoms with E-state index >= 15 is 0 Å². The maximum absolute atomic E-state index is 11.8. The van der Waals surface area contributed by atoms with Gasteiger partial charge >= 0.3 is 5.97 Å². The summed E-state index contributed by atoms with van der Waals surface area (Å²) in [6.45, 7) is 4.52. The van der Waals surface area contributed by atoms with Gasteiger partial charge in [0.15, 0.2) is 0 Å². The van der Waals surface area contributed by atoms with Crippen LogP contribution in [0.2, 0.25) is 0 Å². The zero-order valence-corrected chi connectivity index (χ0v) is 12.4. The minimum atomic E-state index is -0.446. The number of hydrogen-bond donors (Lipinski definition) is 2. The molecule has 2 rings (SSSR count). The number of ether oxygens (including phenoxy) is 1. The van der Waals surface area contributed by atoms with Gasteiger partial charge in [0.2, 0.25) is 0 Å². The lowest BCUT2D eigenvalue weighted by molar-refractivity contribution is 0.0527. The Morgan fingerprint density at radius 1 is 1.52 bits per heavy atom. The summed E-state index contributed by atoms with van der Waals surface area (Å²) in [7, 11) is 1.87. The number of rotatable bonds is 5. The maximum atomic E-state index is 11.8. The lowest BCUT2D eigenvalue weighted by atomic mass is 10.2. The molecule has 0 atom stereocenters. The highest BCUT2D eigenvalue weighted by Crippen LogP contribution is 2.21. The number of nitrogens with one attached hydrogen (secondary N) is 1. The molecule has 0 amide bonds. The molecule has 0 aromatic carbocycles. The van der Waals surface area contributed by atoms with Crippen molar-refractivity contribution < 1.29 is 9.53 Å². The van der Waals surface area contributed by atoms with Gasteiger partial charge in [0.05, 0.1) is 23.6 Å². The first-order chi connectivity index (χ1) is 10.0. The number of esters is 1. The van der Waals surface area contributed by atoms with Crippen LogP contribution in [-0.2, 0) is 18.3 Å². The first-order valence-electron chi connectivity index (χ1n) is 6.67. The number of pyridine rings is 1. The summed E-state index contributed by atoms with van der Waals surface area (Å²) in [5, 5.41) is 7.39. The summed E-state index contributed by atoms with van der Waals surface area (Å²) in [5.41, 5.74) is 8.56. The number of nitrogens with zero attached hydrogens (tertiary/aromatic N) is 3. The van der Waals surface area contributed by atoms with Gasteiger partial charge in [-0.05, 0) is 19.9 Å². The van der Waals surface area contributed by atoms with Crippen molar-refractivity contribution in [1.82, 2.24) is 14.8 Å². The molecule has 7 nitrogen and oxygen atoms in total. The van der Waals surface area contributed by atoms with E-state index in [0.717, 1.165) is 11.3 Å². The zero-order chi connectivity index (χ0) is 15.4. The van der Waals surface area contributed by atoms with Crippen LogP contribution in [0.15, 0.2) is 18.5 Å². The Hall–Kier alpha value is -2.57. The van der Waals surface area contributed by atoms with Crippen LogP contribution in [0, 0.1) is 6.92 Å². The van der Waals surface area contributed by atoms with Crippen molar-refractivity contribution in [2.75, 3.05) is 17.7 Å². The second-order valence-electron chi connectivity index (χ2n) is 4.61. The zero-order valence-electron chi connectivity index (χ0n) is 12.4. The van der Waals surface area contributed by atoms with Gasteiger partial charge in [0, 0.05) is 31.5 Å². The first-order valence-corrected chi connectivity index (χ1v) is 6.67. The second-order valence-corrected chi connectivity index (χ2v) is 4.61. The number of hydrogen-bond acceptors (Lipinski definition) is 6. The fraction of sp³-hybridized carbons (Fsp3) is 0.357. The van der Waals surface area contributed by atoms with Gasteiger partial charge in [-0.15, -0.1) is 0 Å². The monoisotopic (exact) mass is 289 g/mol. The molecule has 0 bridgehead atoms. The number of aromatic nitrogens is 3. The van der Waals surface area contributed by atoms with Gasteiger partial charge in [-0.2, -0.15) is 5.10 Å². The minimum Gasteiger partial charge on any atom is -0.462 e. The average molecular weight is 289 g/mol. The van der Waals surface area contributed by atoms with Crippen LogP contribution in [0.1, 0.15) is 28.5 Å². The number of anilines is 2. The summed E-state index contributed by atoms with van der Waals surface area (Å²) < 4.78 is 6.71. The summed E-state index contributed by atoms with van der Waals surface area (Å²) in [5.74, 6) is 0.0156. The van der Waals surface area contributed by atoms with Crippen LogP contribution < -0.4 is 11.1 Å². The van der Waals surface area contributed by atoms with Crippen LogP contribution in [0.5, 0.6) is 0 Å². The Morgan fingerprint density at radius 3 is 2.90 bits per heavy atom. The van der Waals surface area contributed by atoms with Gasteiger partial charge in [0.1, 0.15) is 5.82 Å². The van der Waals surface area contributed by atoms with Gasteiger partial charge < -0.3 is 15.8 Å². The third-order valence-electron chi connectivity index (χ3n) is 3.05. The van der Waals surface area contributed by atoms with Gasteiger partial charge in [0.25, 0.3) is 0 Å². The van der Waals surface area contributed by atoms with Crippen LogP contribution >= 0.6 is 0 Å². The van der Waals surface area contributed by atoms with Crippen molar-refractivity contribution in [3.05, 3.63) is 35.3 Å². The predicted molar refractivity (Wildman–Crippen MR) is 79.9 cm³/mol. The minimum absolute atomic E-state index is 0.289. The summed E-state index contributed by atoms with van der Waals surface area (Å²) in [6, 6.07) is 1.55. The molecular weight excluding hydrogens is 270 g/mol. The number of aryl methyl sites for hydroxylation is 2. The van der Waals surface area contributed by atoms with Crippen molar-refractivity contribution >= 4 is 17.5 Å². The van der Waals surface area contributed by atoms with E-state index in [9.17, 15) is 4.79 Å². The van der Waals surface area contributed by atoms with Crippen molar-refractivity contribution in [2.45, 2.75) is 20.4 Å². The van der Waals surface area contributed by atoms with Crippen molar-refractivity contribution in [3.8, 4) is 0 Å². The smallest absolute Gasteiger partial charge is 0.340 e. The van der Waals surface area contributed by atoms with E-state index in [1.165, 1.54) is 6.20 Å². The van der Waals surface area contributed by atoms with E-state index in [1.807, 2.05) is 20.2 Å². The number of nitrogen functional groups attached to an aromatic ring is 1. The standard InChI is InChI=1S/C14H19N5O2/c1-4-21-14(20)11-5-6-16-13(12(11)15)17-7-10-8-19(3)18-9(10)2/h5-6,8H,4,7,15H2,1-3H3,(H,16,17). The molecule has 2 heterocycles. The second kappa shape index (κ2) is 6.25. The van der Waals surface area contributed by atoms with E-state index in [4.69, 9.17) is 10.5 Å².